The Bertz CT molecular complexity index is 490. The van der Waals surface area contributed by atoms with Crippen molar-refractivity contribution in [1.29, 1.82) is 0 Å². The van der Waals surface area contributed by atoms with Gasteiger partial charge in [0.1, 0.15) is 0 Å². The van der Waals surface area contributed by atoms with Gasteiger partial charge in [-0.25, -0.2) is 13.1 Å². The molecule has 1 saturated carbocycles. The van der Waals surface area contributed by atoms with E-state index in [1.165, 1.54) is 0 Å². The summed E-state index contributed by atoms with van der Waals surface area (Å²) < 4.78 is 26.5. The summed E-state index contributed by atoms with van der Waals surface area (Å²) in [6.45, 7) is 0. The van der Waals surface area contributed by atoms with Crippen molar-refractivity contribution in [3.05, 3.63) is 30.1 Å². The van der Waals surface area contributed by atoms with Gasteiger partial charge in [0.15, 0.2) is 0 Å². The van der Waals surface area contributed by atoms with Crippen LogP contribution in [0.25, 0.3) is 0 Å². The van der Waals surface area contributed by atoms with Gasteiger partial charge in [0.25, 0.3) is 0 Å². The molecule has 2 rings (SSSR count). The maximum atomic E-state index is 12.0. The Labute approximate surface area is 114 Å². The number of nitrogens with zero attached hydrogens (tertiary/aromatic N) is 1. The van der Waals surface area contributed by atoms with Gasteiger partial charge in [0, 0.05) is 24.4 Å². The molecule has 0 aliphatic heterocycles. The molecular weight excluding hydrogens is 264 g/mol. The minimum absolute atomic E-state index is 0.00718. The molecule has 0 bridgehead atoms. The zero-order chi connectivity index (χ0) is 13.7. The third-order valence-corrected chi connectivity index (χ3v) is 4.82. The van der Waals surface area contributed by atoms with E-state index in [1.54, 1.807) is 12.3 Å². The second-order valence-corrected chi connectivity index (χ2v) is 6.84. The second kappa shape index (κ2) is 6.45. The molecule has 19 heavy (non-hydrogen) atoms. The van der Waals surface area contributed by atoms with E-state index in [0.29, 0.717) is 19.3 Å². The number of aromatic nitrogens is 1. The van der Waals surface area contributed by atoms with Crippen LogP contribution in [0.5, 0.6) is 0 Å². The van der Waals surface area contributed by atoms with Crippen molar-refractivity contribution in [3.63, 3.8) is 0 Å². The van der Waals surface area contributed by atoms with Crippen LogP contribution in [0.2, 0.25) is 0 Å². The normalized spacial score (nSPS) is 24.3. The second-order valence-electron chi connectivity index (χ2n) is 4.97. The average molecular weight is 284 g/mol. The van der Waals surface area contributed by atoms with Crippen LogP contribution in [0.3, 0.4) is 0 Å². The van der Waals surface area contributed by atoms with Crippen molar-refractivity contribution >= 4 is 10.0 Å². The minimum Gasteiger partial charge on any atom is -0.391 e. The van der Waals surface area contributed by atoms with Gasteiger partial charge in [-0.1, -0.05) is 18.9 Å². The largest absolute Gasteiger partial charge is 0.391 e. The summed E-state index contributed by atoms with van der Waals surface area (Å²) in [5, 5.41) is 9.78. The maximum Gasteiger partial charge on any atom is 0.212 e. The molecule has 0 aromatic carbocycles. The molecular formula is C13H20N2O3S. The first-order valence-corrected chi connectivity index (χ1v) is 8.30. The molecule has 1 aromatic heterocycles. The summed E-state index contributed by atoms with van der Waals surface area (Å²) in [6.07, 6.45) is 4.80. The Morgan fingerprint density at radius 3 is 2.79 bits per heavy atom. The zero-order valence-electron chi connectivity index (χ0n) is 10.8. The lowest BCUT2D eigenvalue weighted by Gasteiger charge is -2.28. The molecule has 1 aliphatic carbocycles. The number of hydrogen-bond donors (Lipinski definition) is 2. The molecule has 1 aromatic rings. The first kappa shape index (κ1) is 14.4. The zero-order valence-corrected chi connectivity index (χ0v) is 11.6. The standard InChI is InChI=1S/C13H20N2O3S/c16-13-7-2-1-6-12(13)15-19(17,18)10-8-11-5-3-4-9-14-11/h3-5,9,12-13,15-16H,1-2,6-8,10H2/t12-,13-/m0/s1. The van der Waals surface area contributed by atoms with Crippen LogP contribution in [0.4, 0.5) is 0 Å². The van der Waals surface area contributed by atoms with Crippen LogP contribution in [-0.2, 0) is 16.4 Å². The Balaban J connectivity index is 1.88. The van der Waals surface area contributed by atoms with Gasteiger partial charge in [0.05, 0.1) is 11.9 Å². The van der Waals surface area contributed by atoms with E-state index in [1.807, 2.05) is 12.1 Å². The van der Waals surface area contributed by atoms with Gasteiger partial charge < -0.3 is 5.11 Å². The van der Waals surface area contributed by atoms with Crippen molar-refractivity contribution in [1.82, 2.24) is 9.71 Å². The first-order chi connectivity index (χ1) is 9.07. The molecule has 0 saturated heterocycles. The van der Waals surface area contributed by atoms with E-state index in [4.69, 9.17) is 0 Å². The molecule has 0 radical (unpaired) electrons. The van der Waals surface area contributed by atoms with Crippen molar-refractivity contribution < 1.29 is 13.5 Å². The lowest BCUT2D eigenvalue weighted by molar-refractivity contribution is 0.101. The number of aliphatic hydroxyl groups excluding tert-OH is 1. The Kier molecular flexibility index (Phi) is 4.90. The predicted octanol–water partition coefficient (Wildman–Crippen LogP) is 0.847. The molecule has 6 heteroatoms. The maximum absolute atomic E-state index is 12.0. The Morgan fingerprint density at radius 1 is 1.32 bits per heavy atom. The highest BCUT2D eigenvalue weighted by Crippen LogP contribution is 2.19. The van der Waals surface area contributed by atoms with Gasteiger partial charge in [-0.2, -0.15) is 0 Å². The molecule has 1 heterocycles. The number of rotatable bonds is 5. The molecule has 0 unspecified atom stereocenters. The van der Waals surface area contributed by atoms with Gasteiger partial charge >= 0.3 is 0 Å². The van der Waals surface area contributed by atoms with Crippen LogP contribution in [0.15, 0.2) is 24.4 Å². The fraction of sp³-hybridized carbons (Fsp3) is 0.615. The molecule has 1 aliphatic rings. The highest BCUT2D eigenvalue weighted by molar-refractivity contribution is 7.89. The van der Waals surface area contributed by atoms with E-state index in [-0.39, 0.29) is 11.8 Å². The van der Waals surface area contributed by atoms with E-state index in [9.17, 15) is 13.5 Å². The molecule has 1 fully saturated rings. The number of pyridine rings is 1. The summed E-state index contributed by atoms with van der Waals surface area (Å²) >= 11 is 0. The number of hydrogen-bond acceptors (Lipinski definition) is 4. The van der Waals surface area contributed by atoms with E-state index in [0.717, 1.165) is 18.5 Å². The average Bonchev–Trinajstić information content (AvgIpc) is 2.40. The van der Waals surface area contributed by atoms with Crippen LogP contribution >= 0.6 is 0 Å². The topological polar surface area (TPSA) is 79.3 Å². The number of sulfonamides is 1. The monoisotopic (exact) mass is 284 g/mol. The van der Waals surface area contributed by atoms with Gasteiger partial charge in [-0.3, -0.25) is 4.98 Å². The Hall–Kier alpha value is -0.980. The summed E-state index contributed by atoms with van der Waals surface area (Å²) in [5.74, 6) is 0.00718. The molecule has 5 nitrogen and oxygen atoms in total. The van der Waals surface area contributed by atoms with Gasteiger partial charge in [-0.05, 0) is 25.0 Å². The van der Waals surface area contributed by atoms with Crippen molar-refractivity contribution in [2.75, 3.05) is 5.75 Å². The highest BCUT2D eigenvalue weighted by Gasteiger charge is 2.26. The fourth-order valence-electron chi connectivity index (χ4n) is 2.32. The summed E-state index contributed by atoms with van der Waals surface area (Å²) in [4.78, 5) is 4.10. The predicted molar refractivity (Wildman–Crippen MR) is 73.1 cm³/mol. The lowest BCUT2D eigenvalue weighted by atomic mass is 9.93. The number of nitrogens with one attached hydrogen (secondary N) is 1. The smallest absolute Gasteiger partial charge is 0.212 e. The molecule has 106 valence electrons. The van der Waals surface area contributed by atoms with E-state index in [2.05, 4.69) is 9.71 Å². The summed E-state index contributed by atoms with van der Waals surface area (Å²) in [5.41, 5.74) is 0.761. The first-order valence-electron chi connectivity index (χ1n) is 6.65. The molecule has 0 spiro atoms. The van der Waals surface area contributed by atoms with Gasteiger partial charge in [0.2, 0.25) is 10.0 Å². The molecule has 0 amide bonds. The van der Waals surface area contributed by atoms with Crippen molar-refractivity contribution in [3.8, 4) is 0 Å². The minimum atomic E-state index is -3.36. The summed E-state index contributed by atoms with van der Waals surface area (Å²) in [7, 11) is -3.36. The lowest BCUT2D eigenvalue weighted by Crippen LogP contribution is -2.45. The number of aryl methyl sites for hydroxylation is 1. The summed E-state index contributed by atoms with van der Waals surface area (Å²) in [6, 6.07) is 5.12. The Morgan fingerprint density at radius 2 is 2.11 bits per heavy atom. The third kappa shape index (κ3) is 4.56. The fourth-order valence-corrected chi connectivity index (χ4v) is 3.66. The molecule has 2 N–H and O–H groups in total. The van der Waals surface area contributed by atoms with Crippen molar-refractivity contribution in [2.24, 2.45) is 0 Å². The third-order valence-electron chi connectivity index (χ3n) is 3.41. The molecule has 2 atom stereocenters. The SMILES string of the molecule is O=S(=O)(CCc1ccccn1)N[C@H]1CCCC[C@@H]1O. The van der Waals surface area contributed by atoms with Gasteiger partial charge in [-0.15, -0.1) is 0 Å². The van der Waals surface area contributed by atoms with E-state index >= 15 is 0 Å². The van der Waals surface area contributed by atoms with Crippen LogP contribution < -0.4 is 4.72 Å². The van der Waals surface area contributed by atoms with Crippen LogP contribution in [0, 0.1) is 0 Å². The number of aliphatic hydroxyl groups is 1. The quantitative estimate of drug-likeness (QED) is 0.840. The van der Waals surface area contributed by atoms with Crippen LogP contribution in [-0.4, -0.2) is 36.4 Å². The highest BCUT2D eigenvalue weighted by atomic mass is 32.2. The van der Waals surface area contributed by atoms with Crippen LogP contribution in [0.1, 0.15) is 31.4 Å². The van der Waals surface area contributed by atoms with E-state index < -0.39 is 16.1 Å². The van der Waals surface area contributed by atoms with Crippen molar-refractivity contribution in [2.45, 2.75) is 44.2 Å².